The number of carbonyl (C=O) groups excluding carboxylic acids is 2. The van der Waals surface area contributed by atoms with Gasteiger partial charge in [-0.1, -0.05) is 11.6 Å². The second kappa shape index (κ2) is 10.6. The van der Waals surface area contributed by atoms with Crippen molar-refractivity contribution in [3.63, 3.8) is 0 Å². The molecule has 2 aliphatic rings. The zero-order chi connectivity index (χ0) is 21.5. The minimum Gasteiger partial charge on any atom is -0.496 e. The van der Waals surface area contributed by atoms with Gasteiger partial charge >= 0.3 is 5.97 Å². The van der Waals surface area contributed by atoms with E-state index in [0.717, 1.165) is 67.1 Å². The molecule has 0 unspecified atom stereocenters. The van der Waals surface area contributed by atoms with Crippen molar-refractivity contribution in [3.8, 4) is 11.5 Å². The Morgan fingerprint density at radius 3 is 2.70 bits per heavy atom. The van der Waals surface area contributed by atoms with Crippen LogP contribution in [0.5, 0.6) is 11.5 Å². The summed E-state index contributed by atoms with van der Waals surface area (Å²) in [6.45, 7) is 8.65. The smallest absolute Gasteiger partial charge is 0.342 e. The number of hydrogen-bond donors (Lipinski definition) is 0. The fraction of sp³-hybridized carbons (Fsp3) is 0.565. The maximum absolute atomic E-state index is 12.5. The van der Waals surface area contributed by atoms with E-state index in [0.29, 0.717) is 37.2 Å². The normalized spacial score (nSPS) is 16.9. The molecule has 0 atom stereocenters. The fourth-order valence-corrected chi connectivity index (χ4v) is 3.94. The molecule has 2 aliphatic heterocycles. The van der Waals surface area contributed by atoms with E-state index in [1.807, 2.05) is 13.8 Å². The summed E-state index contributed by atoms with van der Waals surface area (Å²) in [4.78, 5) is 25.5. The third kappa shape index (κ3) is 5.02. The number of cyclic esters (lactones) is 1. The van der Waals surface area contributed by atoms with Crippen molar-refractivity contribution < 1.29 is 28.5 Å². The van der Waals surface area contributed by atoms with Gasteiger partial charge in [0.2, 0.25) is 0 Å². The average molecular weight is 418 g/mol. The van der Waals surface area contributed by atoms with Gasteiger partial charge in [0.05, 0.1) is 20.3 Å². The summed E-state index contributed by atoms with van der Waals surface area (Å²) in [5, 5.41) is 0. The number of carbonyl (C=O) groups is 2. The molecule has 0 N–H and O–H groups in total. The van der Waals surface area contributed by atoms with Crippen LogP contribution in [0.2, 0.25) is 0 Å². The van der Waals surface area contributed by atoms with Crippen LogP contribution in [0.4, 0.5) is 0 Å². The Hall–Kier alpha value is -2.38. The monoisotopic (exact) mass is 417 g/mol. The number of benzene rings is 1. The molecule has 1 aromatic rings. The SMILES string of the molecule is COc1c(C)c2c(c(OCCN3CCOCC3)c1C/C=C(\C)CCC=O)C(=O)OC2. The molecule has 2 heterocycles. The number of rotatable bonds is 10. The lowest BCUT2D eigenvalue weighted by atomic mass is 9.94. The minimum absolute atomic E-state index is 0.241. The molecular weight excluding hydrogens is 386 g/mol. The molecule has 0 aromatic heterocycles. The van der Waals surface area contributed by atoms with Crippen LogP contribution in [-0.2, 0) is 27.3 Å². The van der Waals surface area contributed by atoms with Gasteiger partial charge in [-0.2, -0.15) is 0 Å². The molecule has 1 aromatic carbocycles. The molecule has 0 saturated carbocycles. The van der Waals surface area contributed by atoms with Gasteiger partial charge in [0, 0.05) is 37.2 Å². The fourth-order valence-electron chi connectivity index (χ4n) is 3.94. The van der Waals surface area contributed by atoms with Gasteiger partial charge in [-0.3, -0.25) is 4.90 Å². The number of nitrogens with zero attached hydrogens (tertiary/aromatic N) is 1. The molecule has 7 nitrogen and oxygen atoms in total. The quantitative estimate of drug-likeness (QED) is 0.329. The van der Waals surface area contributed by atoms with Gasteiger partial charge in [-0.15, -0.1) is 0 Å². The summed E-state index contributed by atoms with van der Waals surface area (Å²) in [6, 6.07) is 0. The first-order valence-electron chi connectivity index (χ1n) is 10.5. The van der Waals surface area contributed by atoms with Crippen molar-refractivity contribution in [1.82, 2.24) is 4.90 Å². The number of fused-ring (bicyclic) bond motifs is 1. The van der Waals surface area contributed by atoms with E-state index in [9.17, 15) is 9.59 Å². The molecule has 1 fully saturated rings. The molecule has 3 rings (SSSR count). The second-order valence-corrected chi connectivity index (χ2v) is 7.66. The van der Waals surface area contributed by atoms with Crippen LogP contribution in [0, 0.1) is 6.92 Å². The zero-order valence-corrected chi connectivity index (χ0v) is 18.1. The molecular formula is C23H31NO6. The van der Waals surface area contributed by atoms with Gasteiger partial charge in [-0.25, -0.2) is 4.79 Å². The van der Waals surface area contributed by atoms with Crippen molar-refractivity contribution in [2.75, 3.05) is 46.6 Å². The van der Waals surface area contributed by atoms with Crippen molar-refractivity contribution in [2.45, 2.75) is 39.7 Å². The third-order valence-electron chi connectivity index (χ3n) is 5.69. The summed E-state index contributed by atoms with van der Waals surface area (Å²) < 4.78 is 22.7. The van der Waals surface area contributed by atoms with E-state index in [1.165, 1.54) is 0 Å². The number of methoxy groups -OCH3 is 1. The molecule has 30 heavy (non-hydrogen) atoms. The summed E-state index contributed by atoms with van der Waals surface area (Å²) in [7, 11) is 1.64. The van der Waals surface area contributed by atoms with Crippen LogP contribution in [0.1, 0.15) is 46.8 Å². The number of morpholine rings is 1. The Labute approximate surface area is 177 Å². The lowest BCUT2D eigenvalue weighted by Gasteiger charge is -2.27. The number of hydrogen-bond acceptors (Lipinski definition) is 7. The Bertz CT molecular complexity index is 811. The van der Waals surface area contributed by atoms with Crippen LogP contribution in [0.25, 0.3) is 0 Å². The Morgan fingerprint density at radius 2 is 2.00 bits per heavy atom. The van der Waals surface area contributed by atoms with Gasteiger partial charge in [0.15, 0.2) is 0 Å². The predicted molar refractivity (Wildman–Crippen MR) is 112 cm³/mol. The Kier molecular flexibility index (Phi) is 7.87. The first-order valence-corrected chi connectivity index (χ1v) is 10.5. The zero-order valence-electron chi connectivity index (χ0n) is 18.1. The molecule has 1 saturated heterocycles. The van der Waals surface area contributed by atoms with Crippen molar-refractivity contribution in [2.24, 2.45) is 0 Å². The largest absolute Gasteiger partial charge is 0.496 e. The van der Waals surface area contributed by atoms with E-state index < -0.39 is 0 Å². The van der Waals surface area contributed by atoms with Crippen LogP contribution < -0.4 is 9.47 Å². The molecule has 0 aliphatic carbocycles. The number of ether oxygens (including phenoxy) is 4. The molecule has 0 spiro atoms. The van der Waals surface area contributed by atoms with Gasteiger partial charge < -0.3 is 23.7 Å². The van der Waals surface area contributed by atoms with Gasteiger partial charge in [-0.05, 0) is 32.3 Å². The van der Waals surface area contributed by atoms with E-state index in [2.05, 4.69) is 11.0 Å². The maximum atomic E-state index is 12.5. The molecule has 0 radical (unpaired) electrons. The average Bonchev–Trinajstić information content (AvgIpc) is 3.15. The van der Waals surface area contributed by atoms with Crippen LogP contribution in [0.15, 0.2) is 11.6 Å². The van der Waals surface area contributed by atoms with Gasteiger partial charge in [0.25, 0.3) is 0 Å². The van der Waals surface area contributed by atoms with E-state index >= 15 is 0 Å². The second-order valence-electron chi connectivity index (χ2n) is 7.66. The Balaban J connectivity index is 1.89. The highest BCUT2D eigenvalue weighted by Crippen LogP contribution is 2.42. The minimum atomic E-state index is -0.347. The third-order valence-corrected chi connectivity index (χ3v) is 5.69. The highest BCUT2D eigenvalue weighted by atomic mass is 16.5. The lowest BCUT2D eigenvalue weighted by Crippen LogP contribution is -2.38. The highest BCUT2D eigenvalue weighted by Gasteiger charge is 2.33. The first kappa shape index (κ1) is 22.3. The topological polar surface area (TPSA) is 74.3 Å². The number of aldehydes is 1. The van der Waals surface area contributed by atoms with E-state index in [-0.39, 0.29) is 12.6 Å². The van der Waals surface area contributed by atoms with E-state index in [4.69, 9.17) is 18.9 Å². The molecule has 0 bridgehead atoms. The summed E-state index contributed by atoms with van der Waals surface area (Å²) in [6.07, 6.45) is 4.76. The summed E-state index contributed by atoms with van der Waals surface area (Å²) in [5.74, 6) is 0.940. The molecule has 7 heteroatoms. The maximum Gasteiger partial charge on any atom is 0.342 e. The highest BCUT2D eigenvalue weighted by molar-refractivity contribution is 5.98. The standard InChI is InChI=1S/C23H31NO6/c1-16(5-4-11-25)6-7-18-21(27-3)17(2)19-15-30-23(26)20(19)22(18)29-14-10-24-8-12-28-13-9-24/h6,11H,4-5,7-10,12-15H2,1-3H3/b16-6+. The summed E-state index contributed by atoms with van der Waals surface area (Å²) >= 11 is 0. The number of allylic oxidation sites excluding steroid dienone is 2. The van der Waals surface area contributed by atoms with Crippen molar-refractivity contribution >= 4 is 12.3 Å². The first-order chi connectivity index (χ1) is 14.6. The van der Waals surface area contributed by atoms with Gasteiger partial charge in [0.1, 0.15) is 36.6 Å². The van der Waals surface area contributed by atoms with E-state index in [1.54, 1.807) is 7.11 Å². The van der Waals surface area contributed by atoms with Crippen molar-refractivity contribution in [3.05, 3.63) is 33.9 Å². The molecule has 164 valence electrons. The number of esters is 1. The Morgan fingerprint density at radius 1 is 1.23 bits per heavy atom. The summed E-state index contributed by atoms with van der Waals surface area (Å²) in [5.41, 5.74) is 4.23. The predicted octanol–water partition coefficient (Wildman–Crippen LogP) is 2.85. The molecule has 0 amide bonds. The van der Waals surface area contributed by atoms with Crippen LogP contribution in [0.3, 0.4) is 0 Å². The van der Waals surface area contributed by atoms with Crippen molar-refractivity contribution in [1.29, 1.82) is 0 Å². The lowest BCUT2D eigenvalue weighted by molar-refractivity contribution is -0.107. The van der Waals surface area contributed by atoms with Crippen LogP contribution >= 0.6 is 0 Å². The van der Waals surface area contributed by atoms with Crippen LogP contribution in [-0.4, -0.2) is 63.7 Å².